The first-order valence-corrected chi connectivity index (χ1v) is 4.72. The predicted octanol–water partition coefficient (Wildman–Crippen LogP) is 3.66. The number of hydrogen-bond donors (Lipinski definition) is 0. The molecule has 0 aromatic heterocycles. The van der Waals surface area contributed by atoms with Crippen molar-refractivity contribution in [1.82, 2.24) is 0 Å². The molecule has 3 nitrogen and oxygen atoms in total. The zero-order valence-corrected chi connectivity index (χ0v) is 8.89. The van der Waals surface area contributed by atoms with E-state index in [2.05, 4.69) is 0 Å². The summed E-state index contributed by atoms with van der Waals surface area (Å²) in [6, 6.07) is 2.41. The van der Waals surface area contributed by atoms with Gasteiger partial charge in [0.15, 0.2) is 0 Å². The summed E-state index contributed by atoms with van der Waals surface area (Å²) >= 11 is 5.38. The van der Waals surface area contributed by atoms with E-state index in [-0.39, 0.29) is 17.0 Å². The Bertz CT molecular complexity index is 431. The molecule has 88 valence electrons. The van der Waals surface area contributed by atoms with E-state index >= 15 is 0 Å². The van der Waals surface area contributed by atoms with Gasteiger partial charge in [-0.05, 0) is 12.5 Å². The molecule has 0 saturated heterocycles. The van der Waals surface area contributed by atoms with Gasteiger partial charge in [0, 0.05) is 5.56 Å². The van der Waals surface area contributed by atoms with Crippen LogP contribution in [-0.2, 0) is 12.1 Å². The number of benzene rings is 1. The van der Waals surface area contributed by atoms with Crippen molar-refractivity contribution >= 4 is 17.3 Å². The Morgan fingerprint density at radius 1 is 1.44 bits per heavy atom. The highest BCUT2D eigenvalue weighted by molar-refractivity contribution is 6.17. The molecule has 16 heavy (non-hydrogen) atoms. The van der Waals surface area contributed by atoms with Crippen LogP contribution in [0.3, 0.4) is 0 Å². The molecule has 0 radical (unpaired) electrons. The number of nitro groups is 1. The molecule has 1 rings (SSSR count). The minimum atomic E-state index is -4.76. The maximum Gasteiger partial charge on any atom is 0.423 e. The summed E-state index contributed by atoms with van der Waals surface area (Å²) in [4.78, 5) is 9.60. The second-order valence-electron chi connectivity index (χ2n) is 3.15. The smallest absolute Gasteiger partial charge is 0.258 e. The topological polar surface area (TPSA) is 43.1 Å². The lowest BCUT2D eigenvalue weighted by atomic mass is 10.0. The van der Waals surface area contributed by atoms with E-state index in [0.29, 0.717) is 0 Å². The molecule has 0 N–H and O–H groups in total. The van der Waals surface area contributed by atoms with Crippen LogP contribution in [0.1, 0.15) is 16.7 Å². The second-order valence-corrected chi connectivity index (χ2v) is 3.42. The Balaban J connectivity index is 3.62. The summed E-state index contributed by atoms with van der Waals surface area (Å²) in [7, 11) is 0. The van der Waals surface area contributed by atoms with E-state index < -0.39 is 22.4 Å². The van der Waals surface area contributed by atoms with Crippen LogP contribution in [0.15, 0.2) is 12.1 Å². The van der Waals surface area contributed by atoms with E-state index in [4.69, 9.17) is 11.6 Å². The van der Waals surface area contributed by atoms with Crippen molar-refractivity contribution in [2.75, 3.05) is 0 Å². The van der Waals surface area contributed by atoms with Crippen LogP contribution in [0.2, 0.25) is 0 Å². The number of rotatable bonds is 2. The van der Waals surface area contributed by atoms with E-state index in [0.717, 1.165) is 0 Å². The van der Waals surface area contributed by atoms with Crippen molar-refractivity contribution in [1.29, 1.82) is 0 Å². The van der Waals surface area contributed by atoms with Gasteiger partial charge in [0.05, 0.1) is 10.8 Å². The molecule has 0 aliphatic carbocycles. The predicted molar refractivity (Wildman–Crippen MR) is 52.4 cm³/mol. The zero-order valence-electron chi connectivity index (χ0n) is 8.14. The molecule has 0 bridgehead atoms. The summed E-state index contributed by atoms with van der Waals surface area (Å²) in [5.74, 6) is -0.334. The molecule has 1 aromatic carbocycles. The molecule has 0 aliphatic rings. The van der Waals surface area contributed by atoms with E-state index in [9.17, 15) is 23.3 Å². The minimum absolute atomic E-state index is 0.135. The maximum absolute atomic E-state index is 12.6. The summed E-state index contributed by atoms with van der Waals surface area (Å²) in [6.07, 6.45) is -4.76. The average Bonchev–Trinajstić information content (AvgIpc) is 2.15. The van der Waals surface area contributed by atoms with Gasteiger partial charge < -0.3 is 0 Å². The lowest BCUT2D eigenvalue weighted by Gasteiger charge is -2.12. The third-order valence-corrected chi connectivity index (χ3v) is 2.37. The Morgan fingerprint density at radius 3 is 2.38 bits per heavy atom. The third kappa shape index (κ3) is 2.27. The first-order valence-electron chi connectivity index (χ1n) is 4.19. The Morgan fingerprint density at radius 2 is 2.00 bits per heavy atom. The van der Waals surface area contributed by atoms with Crippen molar-refractivity contribution in [3.8, 4) is 0 Å². The molecular weight excluding hydrogens is 247 g/mol. The molecule has 0 saturated carbocycles. The monoisotopic (exact) mass is 253 g/mol. The summed E-state index contributed by atoms with van der Waals surface area (Å²) in [5.41, 5.74) is -2.50. The average molecular weight is 254 g/mol. The number of nitro benzene ring substituents is 1. The van der Waals surface area contributed by atoms with Crippen LogP contribution in [0.4, 0.5) is 18.9 Å². The molecule has 0 amide bonds. The van der Waals surface area contributed by atoms with Crippen molar-refractivity contribution in [3.63, 3.8) is 0 Å². The fraction of sp³-hybridized carbons (Fsp3) is 0.333. The second kappa shape index (κ2) is 4.29. The van der Waals surface area contributed by atoms with Crippen LogP contribution < -0.4 is 0 Å². The van der Waals surface area contributed by atoms with Gasteiger partial charge in [0.2, 0.25) is 0 Å². The molecule has 0 spiro atoms. The summed E-state index contributed by atoms with van der Waals surface area (Å²) in [6.45, 7) is 1.17. The number of halogens is 4. The van der Waals surface area contributed by atoms with Crippen LogP contribution in [0.5, 0.6) is 0 Å². The van der Waals surface area contributed by atoms with Crippen molar-refractivity contribution in [2.24, 2.45) is 0 Å². The normalized spacial score (nSPS) is 11.6. The SMILES string of the molecule is Cc1ccc(CCl)c([N+](=O)[O-])c1C(F)(F)F. The maximum atomic E-state index is 12.6. The molecule has 1 aromatic rings. The van der Waals surface area contributed by atoms with Crippen molar-refractivity contribution in [3.05, 3.63) is 38.9 Å². The lowest BCUT2D eigenvalue weighted by Crippen LogP contribution is -2.12. The van der Waals surface area contributed by atoms with Crippen LogP contribution in [-0.4, -0.2) is 4.92 Å². The number of hydrogen-bond acceptors (Lipinski definition) is 2. The van der Waals surface area contributed by atoms with Gasteiger partial charge >= 0.3 is 6.18 Å². The van der Waals surface area contributed by atoms with E-state index in [1.54, 1.807) is 0 Å². The molecule has 0 heterocycles. The molecule has 0 atom stereocenters. The molecular formula is C9H7ClF3NO2. The van der Waals surface area contributed by atoms with Gasteiger partial charge in [-0.3, -0.25) is 10.1 Å². The van der Waals surface area contributed by atoms with Crippen LogP contribution in [0, 0.1) is 17.0 Å². The van der Waals surface area contributed by atoms with Crippen LogP contribution >= 0.6 is 11.6 Å². The molecule has 7 heteroatoms. The summed E-state index contributed by atoms with van der Waals surface area (Å²) < 4.78 is 37.9. The van der Waals surface area contributed by atoms with Gasteiger partial charge in [0.1, 0.15) is 5.56 Å². The third-order valence-electron chi connectivity index (χ3n) is 2.08. The highest BCUT2D eigenvalue weighted by Gasteiger charge is 2.41. The Hall–Kier alpha value is -1.30. The molecule has 0 fully saturated rings. The van der Waals surface area contributed by atoms with E-state index in [1.807, 2.05) is 0 Å². The molecule has 0 aliphatic heterocycles. The first kappa shape index (κ1) is 12.8. The number of aryl methyl sites for hydroxylation is 1. The van der Waals surface area contributed by atoms with Crippen molar-refractivity contribution < 1.29 is 18.1 Å². The van der Waals surface area contributed by atoms with Gasteiger partial charge in [-0.25, -0.2) is 0 Å². The molecule has 0 unspecified atom stereocenters. The quantitative estimate of drug-likeness (QED) is 0.459. The first-order chi connectivity index (χ1) is 7.29. The summed E-state index contributed by atoms with van der Waals surface area (Å²) in [5, 5.41) is 10.6. The minimum Gasteiger partial charge on any atom is -0.258 e. The highest BCUT2D eigenvalue weighted by atomic mass is 35.5. The van der Waals surface area contributed by atoms with Crippen molar-refractivity contribution in [2.45, 2.75) is 19.0 Å². The van der Waals surface area contributed by atoms with Crippen LogP contribution in [0.25, 0.3) is 0 Å². The number of alkyl halides is 4. The highest BCUT2D eigenvalue weighted by Crippen LogP contribution is 2.40. The fourth-order valence-electron chi connectivity index (χ4n) is 1.41. The fourth-order valence-corrected chi connectivity index (χ4v) is 1.63. The van der Waals surface area contributed by atoms with E-state index in [1.165, 1.54) is 19.1 Å². The zero-order chi connectivity index (χ0) is 12.5. The number of nitrogens with zero attached hydrogens (tertiary/aromatic N) is 1. The largest absolute Gasteiger partial charge is 0.423 e. The lowest BCUT2D eigenvalue weighted by molar-refractivity contribution is -0.388. The van der Waals surface area contributed by atoms with Gasteiger partial charge in [-0.1, -0.05) is 12.1 Å². The van der Waals surface area contributed by atoms with Gasteiger partial charge in [-0.15, -0.1) is 11.6 Å². The van der Waals surface area contributed by atoms with Gasteiger partial charge in [-0.2, -0.15) is 13.2 Å². The Labute approximate surface area is 94.0 Å². The standard InChI is InChI=1S/C9H7ClF3NO2/c1-5-2-3-6(4-10)8(14(15)16)7(5)9(11,12)13/h2-3H,4H2,1H3. The Kier molecular flexibility index (Phi) is 3.42. The van der Waals surface area contributed by atoms with Gasteiger partial charge in [0.25, 0.3) is 5.69 Å².